The first kappa shape index (κ1) is 14.8. The third-order valence-electron chi connectivity index (χ3n) is 2.54. The highest BCUT2D eigenvalue weighted by Crippen LogP contribution is 2.38. The summed E-state index contributed by atoms with van der Waals surface area (Å²) in [6, 6.07) is 6.83. The van der Waals surface area contributed by atoms with Gasteiger partial charge in [0.1, 0.15) is 0 Å². The van der Waals surface area contributed by atoms with Gasteiger partial charge in [0.15, 0.2) is 11.6 Å². The maximum absolute atomic E-state index is 13.4. The van der Waals surface area contributed by atoms with Crippen LogP contribution in [0.4, 0.5) is 23.2 Å². The van der Waals surface area contributed by atoms with Crippen LogP contribution in [-0.2, 0) is 6.18 Å². The Balaban J connectivity index is 2.45. The molecule has 0 radical (unpaired) electrons. The Morgan fingerprint density at radius 2 is 1.71 bits per heavy atom. The van der Waals surface area contributed by atoms with Crippen molar-refractivity contribution in [3.8, 4) is 11.5 Å². The summed E-state index contributed by atoms with van der Waals surface area (Å²) in [4.78, 5) is 9.82. The van der Waals surface area contributed by atoms with Crippen molar-refractivity contribution in [1.29, 1.82) is 0 Å². The van der Waals surface area contributed by atoms with Crippen molar-refractivity contribution < 1.29 is 27.2 Å². The number of benzene rings is 2. The van der Waals surface area contributed by atoms with E-state index in [0.29, 0.717) is 12.1 Å². The molecule has 0 spiro atoms. The van der Waals surface area contributed by atoms with Crippen LogP contribution in [0.25, 0.3) is 0 Å². The van der Waals surface area contributed by atoms with Gasteiger partial charge in [-0.2, -0.15) is 13.2 Å². The van der Waals surface area contributed by atoms with E-state index in [2.05, 4.69) is 0 Å². The number of para-hydroxylation sites is 1. The zero-order valence-electron chi connectivity index (χ0n) is 10.2. The third kappa shape index (κ3) is 3.28. The van der Waals surface area contributed by atoms with Crippen LogP contribution in [0.5, 0.6) is 11.5 Å². The normalized spacial score (nSPS) is 11.2. The highest BCUT2D eigenvalue weighted by molar-refractivity contribution is 5.51. The van der Waals surface area contributed by atoms with E-state index in [1.54, 1.807) is 0 Å². The predicted molar refractivity (Wildman–Crippen MR) is 64.6 cm³/mol. The molecule has 0 bridgehead atoms. The van der Waals surface area contributed by atoms with Crippen LogP contribution in [0.15, 0.2) is 42.5 Å². The highest BCUT2D eigenvalue weighted by Gasteiger charge is 2.33. The van der Waals surface area contributed by atoms with Gasteiger partial charge in [-0.25, -0.2) is 4.39 Å². The lowest BCUT2D eigenvalue weighted by Crippen LogP contribution is -2.06. The van der Waals surface area contributed by atoms with E-state index >= 15 is 0 Å². The smallest absolute Gasteiger partial charge is 0.416 e. The topological polar surface area (TPSA) is 52.4 Å². The molecule has 110 valence electrons. The van der Waals surface area contributed by atoms with E-state index < -0.39 is 33.9 Å². The van der Waals surface area contributed by atoms with Crippen LogP contribution in [-0.4, -0.2) is 4.92 Å². The lowest BCUT2D eigenvalue weighted by atomic mass is 10.2. The minimum Gasteiger partial charge on any atom is -0.447 e. The van der Waals surface area contributed by atoms with E-state index in [4.69, 9.17) is 4.74 Å². The summed E-state index contributed by atoms with van der Waals surface area (Å²) in [5.41, 5.74) is -2.08. The van der Waals surface area contributed by atoms with Gasteiger partial charge in [-0.05, 0) is 24.3 Å². The van der Waals surface area contributed by atoms with Gasteiger partial charge in [-0.3, -0.25) is 10.1 Å². The second-order valence-corrected chi connectivity index (χ2v) is 3.97. The van der Waals surface area contributed by atoms with Gasteiger partial charge in [0, 0.05) is 6.07 Å². The minimum absolute atomic E-state index is 0.319. The van der Waals surface area contributed by atoms with Crippen molar-refractivity contribution in [2.75, 3.05) is 0 Å². The quantitative estimate of drug-likeness (QED) is 0.475. The van der Waals surface area contributed by atoms with Crippen molar-refractivity contribution in [1.82, 2.24) is 0 Å². The molecule has 2 aromatic carbocycles. The maximum atomic E-state index is 13.4. The number of hydrogen-bond acceptors (Lipinski definition) is 3. The Hall–Kier alpha value is -2.64. The van der Waals surface area contributed by atoms with Crippen molar-refractivity contribution in [3.05, 3.63) is 64.0 Å². The summed E-state index contributed by atoms with van der Waals surface area (Å²) in [7, 11) is 0. The molecule has 0 unspecified atom stereocenters. The largest absolute Gasteiger partial charge is 0.447 e. The predicted octanol–water partition coefficient (Wildman–Crippen LogP) is 4.55. The molecule has 2 aromatic rings. The molecule has 0 saturated heterocycles. The summed E-state index contributed by atoms with van der Waals surface area (Å²) in [6.07, 6.45) is -4.72. The fourth-order valence-electron chi connectivity index (χ4n) is 1.57. The summed E-state index contributed by atoms with van der Waals surface area (Å²) in [6.45, 7) is 0. The number of nitrogens with zero attached hydrogens (tertiary/aromatic N) is 1. The molecular formula is C13H7F4NO3. The minimum atomic E-state index is -4.72. The fourth-order valence-corrected chi connectivity index (χ4v) is 1.57. The second-order valence-electron chi connectivity index (χ2n) is 3.97. The van der Waals surface area contributed by atoms with Crippen molar-refractivity contribution in [2.45, 2.75) is 6.18 Å². The number of hydrogen-bond donors (Lipinski definition) is 0. The molecule has 0 atom stereocenters. The van der Waals surface area contributed by atoms with Gasteiger partial charge in [0.2, 0.25) is 5.75 Å². The van der Waals surface area contributed by atoms with Gasteiger partial charge in [0.25, 0.3) is 0 Å². The lowest BCUT2D eigenvalue weighted by molar-refractivity contribution is -0.385. The molecule has 4 nitrogen and oxygen atoms in total. The Labute approximate surface area is 115 Å². The zero-order chi connectivity index (χ0) is 15.6. The lowest BCUT2D eigenvalue weighted by Gasteiger charge is -2.10. The van der Waals surface area contributed by atoms with E-state index in [1.165, 1.54) is 18.2 Å². The number of ether oxygens (including phenoxy) is 1. The molecule has 0 aliphatic carbocycles. The molecule has 8 heteroatoms. The van der Waals surface area contributed by atoms with Crippen molar-refractivity contribution in [2.24, 2.45) is 0 Å². The van der Waals surface area contributed by atoms with Gasteiger partial charge in [-0.15, -0.1) is 0 Å². The van der Waals surface area contributed by atoms with Gasteiger partial charge in [0.05, 0.1) is 10.5 Å². The Morgan fingerprint density at radius 3 is 2.29 bits per heavy atom. The van der Waals surface area contributed by atoms with E-state index in [1.807, 2.05) is 0 Å². The average molecular weight is 301 g/mol. The first-order valence-electron chi connectivity index (χ1n) is 5.57. The van der Waals surface area contributed by atoms with E-state index in [-0.39, 0.29) is 5.75 Å². The summed E-state index contributed by atoms with van der Waals surface area (Å²) < 4.78 is 56.0. The van der Waals surface area contributed by atoms with E-state index in [0.717, 1.165) is 12.1 Å². The summed E-state index contributed by atoms with van der Waals surface area (Å²) >= 11 is 0. The number of alkyl halides is 3. The molecule has 0 fully saturated rings. The molecule has 0 aromatic heterocycles. The maximum Gasteiger partial charge on any atom is 0.416 e. The average Bonchev–Trinajstić information content (AvgIpc) is 2.40. The van der Waals surface area contributed by atoms with Crippen molar-refractivity contribution in [3.63, 3.8) is 0 Å². The Kier molecular flexibility index (Phi) is 3.79. The van der Waals surface area contributed by atoms with Crippen LogP contribution in [0.2, 0.25) is 0 Å². The molecule has 0 heterocycles. The fraction of sp³-hybridized carbons (Fsp3) is 0.0769. The second kappa shape index (κ2) is 5.39. The molecule has 0 amide bonds. The molecule has 21 heavy (non-hydrogen) atoms. The van der Waals surface area contributed by atoms with Crippen LogP contribution in [0.1, 0.15) is 5.56 Å². The van der Waals surface area contributed by atoms with Crippen molar-refractivity contribution >= 4 is 5.69 Å². The number of halogens is 4. The summed E-state index contributed by atoms with van der Waals surface area (Å²) in [5.74, 6) is -1.58. The standard InChI is InChI=1S/C13H7F4NO3/c14-9-3-1-2-4-11(9)21-12-6-5-8(13(15,16)17)7-10(12)18(19)20/h1-7H. The molecule has 0 N–H and O–H groups in total. The molecule has 0 aliphatic rings. The Bertz CT molecular complexity index is 685. The first-order valence-corrected chi connectivity index (χ1v) is 5.57. The molecular weight excluding hydrogens is 294 g/mol. The summed E-state index contributed by atoms with van der Waals surface area (Å²) in [5, 5.41) is 10.8. The molecule has 0 saturated carbocycles. The molecule has 2 rings (SSSR count). The van der Waals surface area contributed by atoms with Crippen LogP contribution >= 0.6 is 0 Å². The first-order chi connectivity index (χ1) is 9.79. The zero-order valence-corrected chi connectivity index (χ0v) is 10.2. The van der Waals surface area contributed by atoms with E-state index in [9.17, 15) is 27.7 Å². The third-order valence-corrected chi connectivity index (χ3v) is 2.54. The van der Waals surface area contributed by atoms with Crippen LogP contribution in [0.3, 0.4) is 0 Å². The van der Waals surface area contributed by atoms with Crippen LogP contribution in [0, 0.1) is 15.9 Å². The monoisotopic (exact) mass is 301 g/mol. The van der Waals surface area contributed by atoms with Gasteiger partial charge in [-0.1, -0.05) is 12.1 Å². The number of rotatable bonds is 3. The molecule has 0 aliphatic heterocycles. The Morgan fingerprint density at radius 1 is 1.05 bits per heavy atom. The van der Waals surface area contributed by atoms with Crippen LogP contribution < -0.4 is 4.74 Å². The number of nitro benzene ring substituents is 1. The SMILES string of the molecule is O=[N+]([O-])c1cc(C(F)(F)F)ccc1Oc1ccccc1F. The highest BCUT2D eigenvalue weighted by atomic mass is 19.4. The number of nitro groups is 1. The van der Waals surface area contributed by atoms with Gasteiger partial charge >= 0.3 is 11.9 Å². The van der Waals surface area contributed by atoms with Gasteiger partial charge < -0.3 is 4.74 Å².